The van der Waals surface area contributed by atoms with E-state index in [1.807, 2.05) is 19.1 Å². The van der Waals surface area contributed by atoms with Crippen LogP contribution in [0, 0.1) is 6.92 Å². The van der Waals surface area contributed by atoms with Gasteiger partial charge in [0.05, 0.1) is 21.8 Å². The van der Waals surface area contributed by atoms with Gasteiger partial charge in [-0.1, -0.05) is 48.5 Å². The summed E-state index contributed by atoms with van der Waals surface area (Å²) in [7, 11) is 0. The van der Waals surface area contributed by atoms with Gasteiger partial charge >= 0.3 is 0 Å². The van der Waals surface area contributed by atoms with Gasteiger partial charge in [-0.2, -0.15) is 0 Å². The normalized spacial score (nSPS) is 10.7. The van der Waals surface area contributed by atoms with Crippen molar-refractivity contribution in [3.05, 3.63) is 81.5 Å². The fourth-order valence-electron chi connectivity index (χ4n) is 3.66. The number of hydrogen-bond donors (Lipinski definition) is 4. The number of rotatable bonds is 12. The fourth-order valence-corrected chi connectivity index (χ4v) is 3.95. The number of aromatic nitrogens is 1. The minimum atomic E-state index is -0.459. The molecular formula is C27H31Cl2N5O2. The predicted octanol–water partition coefficient (Wildman–Crippen LogP) is 6.52. The molecule has 1 aromatic heterocycles. The van der Waals surface area contributed by atoms with Crippen LogP contribution in [0.25, 0.3) is 0 Å². The second kappa shape index (κ2) is 13.8. The minimum absolute atomic E-state index is 0.215. The van der Waals surface area contributed by atoms with E-state index >= 15 is 0 Å². The molecule has 2 amide bonds. The van der Waals surface area contributed by atoms with E-state index in [1.54, 1.807) is 30.3 Å². The molecule has 0 radical (unpaired) electrons. The van der Waals surface area contributed by atoms with Gasteiger partial charge < -0.3 is 21.7 Å². The molecule has 9 heteroatoms. The number of halogens is 2. The smallest absolute Gasteiger partial charge is 0.258 e. The van der Waals surface area contributed by atoms with Crippen LogP contribution in [0.15, 0.2) is 54.7 Å². The van der Waals surface area contributed by atoms with Crippen molar-refractivity contribution in [2.75, 3.05) is 29.0 Å². The molecule has 3 aromatic rings. The zero-order valence-corrected chi connectivity index (χ0v) is 21.8. The Morgan fingerprint density at radius 1 is 0.806 bits per heavy atom. The molecule has 2 aromatic carbocycles. The topological polar surface area (TPSA) is 109 Å². The number of hydrogen-bond acceptors (Lipinski definition) is 5. The van der Waals surface area contributed by atoms with Crippen molar-refractivity contribution in [1.82, 2.24) is 4.98 Å². The maximum Gasteiger partial charge on any atom is 0.258 e. The summed E-state index contributed by atoms with van der Waals surface area (Å²) < 4.78 is 0. The summed E-state index contributed by atoms with van der Waals surface area (Å²) in [5, 5.41) is 9.78. The number of benzene rings is 2. The highest BCUT2D eigenvalue weighted by atomic mass is 35.5. The van der Waals surface area contributed by atoms with Crippen molar-refractivity contribution < 1.29 is 9.59 Å². The van der Waals surface area contributed by atoms with Crippen molar-refractivity contribution >= 4 is 52.2 Å². The van der Waals surface area contributed by atoms with Crippen molar-refractivity contribution in [2.45, 2.75) is 39.0 Å². The van der Waals surface area contributed by atoms with Gasteiger partial charge in [0.2, 0.25) is 0 Å². The zero-order valence-electron chi connectivity index (χ0n) is 20.2. The number of carbonyl (C=O) groups is 2. The number of pyridine rings is 1. The summed E-state index contributed by atoms with van der Waals surface area (Å²) in [6, 6.07) is 13.5. The van der Waals surface area contributed by atoms with Crippen molar-refractivity contribution in [1.29, 1.82) is 0 Å². The first kappa shape index (κ1) is 27.5. The van der Waals surface area contributed by atoms with Crippen LogP contribution in [0.4, 0.5) is 17.2 Å². The van der Waals surface area contributed by atoms with Gasteiger partial charge in [-0.25, -0.2) is 4.98 Å². The number of nitrogens with one attached hydrogen (secondary N) is 3. The number of anilines is 3. The molecule has 1 heterocycles. The number of nitrogens with zero attached hydrogens (tertiary/aromatic N) is 1. The second-order valence-corrected chi connectivity index (χ2v) is 9.36. The van der Waals surface area contributed by atoms with E-state index in [9.17, 15) is 9.59 Å². The molecular weight excluding hydrogens is 497 g/mol. The molecule has 0 saturated carbocycles. The van der Waals surface area contributed by atoms with Crippen LogP contribution in [-0.4, -0.2) is 29.9 Å². The lowest BCUT2D eigenvalue weighted by molar-refractivity contribution is 0.102. The standard InChI is InChI=1S/C27H31Cl2N5O2/c1-18-7-10-21(24(15-18)31-14-6-4-2-3-5-13-30)26(35)33-23-11-8-19(28)16-22(23)27(36)34-25-12-9-20(29)17-32-25/h7-12,15-17,31H,2-6,13-14,30H2,1H3,(H,33,35)(H,32,34,36). The van der Waals surface area contributed by atoms with E-state index in [1.165, 1.54) is 12.3 Å². The monoisotopic (exact) mass is 527 g/mol. The maximum atomic E-state index is 13.3. The van der Waals surface area contributed by atoms with E-state index in [0.717, 1.165) is 56.4 Å². The summed E-state index contributed by atoms with van der Waals surface area (Å²) in [6.45, 7) is 3.47. The van der Waals surface area contributed by atoms with Gasteiger partial charge in [-0.15, -0.1) is 0 Å². The highest BCUT2D eigenvalue weighted by Gasteiger charge is 2.18. The molecule has 0 aliphatic carbocycles. The molecule has 0 atom stereocenters. The highest BCUT2D eigenvalue weighted by molar-refractivity contribution is 6.31. The van der Waals surface area contributed by atoms with E-state index in [2.05, 4.69) is 20.9 Å². The van der Waals surface area contributed by atoms with Crippen molar-refractivity contribution in [3.63, 3.8) is 0 Å². The first-order valence-corrected chi connectivity index (χ1v) is 12.7. The Balaban J connectivity index is 1.71. The number of nitrogens with two attached hydrogens (primary N) is 1. The summed E-state index contributed by atoms with van der Waals surface area (Å²) >= 11 is 12.0. The summed E-state index contributed by atoms with van der Waals surface area (Å²) in [4.78, 5) is 30.3. The molecule has 0 aliphatic heterocycles. The molecule has 36 heavy (non-hydrogen) atoms. The average molecular weight is 528 g/mol. The maximum absolute atomic E-state index is 13.3. The van der Waals surface area contributed by atoms with Gasteiger partial charge in [0.15, 0.2) is 0 Å². The Kier molecular flexibility index (Phi) is 10.5. The number of aryl methyl sites for hydroxylation is 1. The second-order valence-electron chi connectivity index (χ2n) is 8.49. The lowest BCUT2D eigenvalue weighted by atomic mass is 10.1. The quantitative estimate of drug-likeness (QED) is 0.200. The number of carbonyl (C=O) groups excluding carboxylic acids is 2. The van der Waals surface area contributed by atoms with Crippen LogP contribution in [0.5, 0.6) is 0 Å². The zero-order chi connectivity index (χ0) is 25.9. The molecule has 0 bridgehead atoms. The van der Waals surface area contributed by atoms with Crippen LogP contribution >= 0.6 is 23.2 Å². The molecule has 5 N–H and O–H groups in total. The Labute approximate surface area is 221 Å². The summed E-state index contributed by atoms with van der Waals surface area (Å²) in [6.07, 6.45) is 6.87. The third kappa shape index (κ3) is 8.22. The van der Waals surface area contributed by atoms with Gasteiger partial charge in [0, 0.05) is 23.5 Å². The van der Waals surface area contributed by atoms with Gasteiger partial charge in [0.25, 0.3) is 11.8 Å². The first-order valence-electron chi connectivity index (χ1n) is 12.0. The predicted molar refractivity (Wildman–Crippen MR) is 148 cm³/mol. The van der Waals surface area contributed by atoms with Gasteiger partial charge in [-0.3, -0.25) is 9.59 Å². The molecule has 0 aliphatic rings. The third-order valence-electron chi connectivity index (χ3n) is 5.56. The van der Waals surface area contributed by atoms with Crippen LogP contribution in [0.3, 0.4) is 0 Å². The largest absolute Gasteiger partial charge is 0.384 e. The van der Waals surface area contributed by atoms with Crippen LogP contribution in [0.2, 0.25) is 10.0 Å². The van der Waals surface area contributed by atoms with E-state index < -0.39 is 5.91 Å². The van der Waals surface area contributed by atoms with Gasteiger partial charge in [-0.05, 0) is 74.3 Å². The molecule has 0 fully saturated rings. The highest BCUT2D eigenvalue weighted by Crippen LogP contribution is 2.25. The molecule has 0 saturated heterocycles. The Morgan fingerprint density at radius 3 is 2.28 bits per heavy atom. The molecule has 0 unspecified atom stereocenters. The van der Waals surface area contributed by atoms with Crippen LogP contribution in [0.1, 0.15) is 58.4 Å². The van der Waals surface area contributed by atoms with Crippen molar-refractivity contribution in [3.8, 4) is 0 Å². The Bertz CT molecular complexity index is 1190. The lowest BCUT2D eigenvalue weighted by Crippen LogP contribution is -2.20. The summed E-state index contributed by atoms with van der Waals surface area (Å²) in [5.41, 5.74) is 8.38. The van der Waals surface area contributed by atoms with E-state index in [-0.39, 0.29) is 11.5 Å². The van der Waals surface area contributed by atoms with E-state index in [0.29, 0.717) is 27.1 Å². The Hall–Kier alpha value is -3.13. The fraction of sp³-hybridized carbons (Fsp3) is 0.296. The Morgan fingerprint density at radius 2 is 1.53 bits per heavy atom. The van der Waals surface area contributed by atoms with Crippen molar-refractivity contribution in [2.24, 2.45) is 5.73 Å². The SMILES string of the molecule is Cc1ccc(C(=O)Nc2ccc(Cl)cc2C(=O)Nc2ccc(Cl)cn2)c(NCCCCCCCN)c1. The molecule has 190 valence electrons. The molecule has 7 nitrogen and oxygen atoms in total. The minimum Gasteiger partial charge on any atom is -0.384 e. The van der Waals surface area contributed by atoms with E-state index in [4.69, 9.17) is 28.9 Å². The number of amides is 2. The number of unbranched alkanes of at least 4 members (excludes halogenated alkanes) is 4. The molecule has 0 spiro atoms. The first-order chi connectivity index (χ1) is 17.4. The van der Waals surface area contributed by atoms with Gasteiger partial charge in [0.1, 0.15) is 5.82 Å². The molecule has 3 rings (SSSR count). The average Bonchev–Trinajstić information content (AvgIpc) is 2.86. The third-order valence-corrected chi connectivity index (χ3v) is 6.02. The lowest BCUT2D eigenvalue weighted by Gasteiger charge is -2.15. The van der Waals surface area contributed by atoms with Crippen LogP contribution in [-0.2, 0) is 0 Å². The summed E-state index contributed by atoms with van der Waals surface area (Å²) in [5.74, 6) is -0.462. The van der Waals surface area contributed by atoms with Crippen LogP contribution < -0.4 is 21.7 Å².